The lowest BCUT2D eigenvalue weighted by Crippen LogP contribution is -2.48. The summed E-state index contributed by atoms with van der Waals surface area (Å²) in [5.74, 6) is 0.144. The van der Waals surface area contributed by atoms with E-state index in [0.717, 1.165) is 12.0 Å². The van der Waals surface area contributed by atoms with E-state index in [1.807, 2.05) is 37.3 Å². The summed E-state index contributed by atoms with van der Waals surface area (Å²) in [7, 11) is 0. The summed E-state index contributed by atoms with van der Waals surface area (Å²) in [6.45, 7) is 2.78. The Morgan fingerprint density at radius 3 is 2.79 bits per heavy atom. The van der Waals surface area contributed by atoms with Gasteiger partial charge < -0.3 is 4.74 Å². The van der Waals surface area contributed by atoms with E-state index in [1.165, 1.54) is 0 Å². The average molecular weight is 261 g/mol. The normalized spacial score (nSPS) is 19.3. The fourth-order valence-corrected chi connectivity index (χ4v) is 2.39. The minimum Gasteiger partial charge on any atom is -0.445 e. The second-order valence-electron chi connectivity index (χ2n) is 4.73. The number of carbonyl (C=O) groups is 2. The van der Waals surface area contributed by atoms with Crippen molar-refractivity contribution in [1.29, 1.82) is 0 Å². The van der Waals surface area contributed by atoms with E-state index in [0.29, 0.717) is 19.4 Å². The van der Waals surface area contributed by atoms with Crippen molar-refractivity contribution >= 4 is 11.9 Å². The zero-order valence-electron chi connectivity index (χ0n) is 11.2. The van der Waals surface area contributed by atoms with Gasteiger partial charge in [0.1, 0.15) is 6.61 Å². The lowest BCUT2D eigenvalue weighted by Gasteiger charge is -2.33. The molecule has 1 amide bonds. The summed E-state index contributed by atoms with van der Waals surface area (Å²) >= 11 is 0. The number of Topliss-reactive ketones (excluding diaryl/α,β-unsaturated/α-hetero) is 1. The topological polar surface area (TPSA) is 46.6 Å². The molecule has 19 heavy (non-hydrogen) atoms. The summed E-state index contributed by atoms with van der Waals surface area (Å²) in [5.41, 5.74) is 0.951. The van der Waals surface area contributed by atoms with Crippen LogP contribution < -0.4 is 0 Å². The Bertz CT molecular complexity index is 444. The first-order chi connectivity index (χ1) is 9.22. The standard InChI is InChI=1S/C15H19NO3/c1-2-13-14(17)9-6-10-16(13)15(18)19-11-12-7-4-3-5-8-12/h3-5,7-8,13H,2,6,9-11H2,1H3. The molecule has 1 fully saturated rings. The van der Waals surface area contributed by atoms with E-state index in [4.69, 9.17) is 4.74 Å². The van der Waals surface area contributed by atoms with Crippen LogP contribution in [0.5, 0.6) is 0 Å². The molecule has 0 bridgehead atoms. The number of piperidine rings is 1. The molecule has 1 aromatic carbocycles. The number of ketones is 1. The summed E-state index contributed by atoms with van der Waals surface area (Å²) in [6, 6.07) is 9.24. The van der Waals surface area contributed by atoms with Crippen molar-refractivity contribution in [3.63, 3.8) is 0 Å². The molecule has 2 rings (SSSR count). The van der Waals surface area contributed by atoms with Crippen molar-refractivity contribution in [2.24, 2.45) is 0 Å². The molecule has 1 unspecified atom stereocenters. The number of rotatable bonds is 3. The van der Waals surface area contributed by atoms with Crippen molar-refractivity contribution in [3.05, 3.63) is 35.9 Å². The van der Waals surface area contributed by atoms with Crippen molar-refractivity contribution in [1.82, 2.24) is 4.90 Å². The zero-order valence-corrected chi connectivity index (χ0v) is 11.2. The predicted molar refractivity (Wildman–Crippen MR) is 71.7 cm³/mol. The third-order valence-corrected chi connectivity index (χ3v) is 3.40. The highest BCUT2D eigenvalue weighted by Crippen LogP contribution is 2.18. The highest BCUT2D eigenvalue weighted by Gasteiger charge is 2.32. The highest BCUT2D eigenvalue weighted by molar-refractivity contribution is 5.88. The van der Waals surface area contributed by atoms with Gasteiger partial charge in [-0.25, -0.2) is 4.79 Å². The number of benzene rings is 1. The second kappa shape index (κ2) is 6.36. The third-order valence-electron chi connectivity index (χ3n) is 3.40. The number of likely N-dealkylation sites (tertiary alicyclic amines) is 1. The molecule has 0 saturated carbocycles. The first-order valence-corrected chi connectivity index (χ1v) is 6.72. The van der Waals surface area contributed by atoms with Crippen LogP contribution >= 0.6 is 0 Å². The van der Waals surface area contributed by atoms with E-state index in [-0.39, 0.29) is 24.5 Å². The van der Waals surface area contributed by atoms with Crippen LogP contribution in [0.2, 0.25) is 0 Å². The van der Waals surface area contributed by atoms with Gasteiger partial charge in [-0.3, -0.25) is 9.69 Å². The number of hydrogen-bond donors (Lipinski definition) is 0. The molecule has 1 aliphatic heterocycles. The highest BCUT2D eigenvalue weighted by atomic mass is 16.6. The monoisotopic (exact) mass is 261 g/mol. The van der Waals surface area contributed by atoms with Gasteiger partial charge in [0.15, 0.2) is 5.78 Å². The Hall–Kier alpha value is -1.84. The molecule has 102 valence electrons. The van der Waals surface area contributed by atoms with Crippen LogP contribution in [-0.2, 0) is 16.1 Å². The Balaban J connectivity index is 1.93. The van der Waals surface area contributed by atoms with Crippen LogP contribution in [0.1, 0.15) is 31.7 Å². The van der Waals surface area contributed by atoms with Crippen molar-refractivity contribution < 1.29 is 14.3 Å². The molecule has 0 radical (unpaired) electrons. The molecule has 1 heterocycles. The summed E-state index contributed by atoms with van der Waals surface area (Å²) in [4.78, 5) is 25.4. The first-order valence-electron chi connectivity index (χ1n) is 6.72. The van der Waals surface area contributed by atoms with Crippen LogP contribution in [0.3, 0.4) is 0 Å². The maximum absolute atomic E-state index is 12.0. The van der Waals surface area contributed by atoms with Crippen molar-refractivity contribution in [2.45, 2.75) is 38.8 Å². The minimum atomic E-state index is -0.385. The van der Waals surface area contributed by atoms with E-state index in [1.54, 1.807) is 4.90 Å². The molecular weight excluding hydrogens is 242 g/mol. The van der Waals surface area contributed by atoms with Crippen LogP contribution in [0, 0.1) is 0 Å². The SMILES string of the molecule is CCC1C(=O)CCCN1C(=O)OCc1ccccc1. The maximum Gasteiger partial charge on any atom is 0.410 e. The predicted octanol–water partition coefficient (Wildman–Crippen LogP) is 2.77. The zero-order chi connectivity index (χ0) is 13.7. The molecular formula is C15H19NO3. The fourth-order valence-electron chi connectivity index (χ4n) is 2.39. The van der Waals surface area contributed by atoms with Gasteiger partial charge in [0.2, 0.25) is 0 Å². The van der Waals surface area contributed by atoms with Gasteiger partial charge in [0.25, 0.3) is 0 Å². The molecule has 1 aliphatic rings. The Morgan fingerprint density at radius 1 is 1.37 bits per heavy atom. The largest absolute Gasteiger partial charge is 0.445 e. The fraction of sp³-hybridized carbons (Fsp3) is 0.467. The summed E-state index contributed by atoms with van der Waals surface area (Å²) in [5, 5.41) is 0. The van der Waals surface area contributed by atoms with E-state index in [2.05, 4.69) is 0 Å². The Morgan fingerprint density at radius 2 is 2.11 bits per heavy atom. The van der Waals surface area contributed by atoms with Crippen molar-refractivity contribution in [2.75, 3.05) is 6.54 Å². The van der Waals surface area contributed by atoms with Gasteiger partial charge >= 0.3 is 6.09 Å². The second-order valence-corrected chi connectivity index (χ2v) is 4.73. The van der Waals surface area contributed by atoms with Gasteiger partial charge in [0.05, 0.1) is 6.04 Å². The Labute approximate surface area is 113 Å². The molecule has 0 spiro atoms. The quantitative estimate of drug-likeness (QED) is 0.840. The van der Waals surface area contributed by atoms with Gasteiger partial charge in [-0.2, -0.15) is 0 Å². The average Bonchev–Trinajstić information content (AvgIpc) is 2.45. The third kappa shape index (κ3) is 3.34. The number of hydrogen-bond acceptors (Lipinski definition) is 3. The van der Waals surface area contributed by atoms with E-state index < -0.39 is 0 Å². The molecule has 1 atom stereocenters. The summed E-state index contributed by atoms with van der Waals surface area (Å²) < 4.78 is 5.28. The van der Waals surface area contributed by atoms with Crippen LogP contribution in [0.25, 0.3) is 0 Å². The maximum atomic E-state index is 12.0. The Kier molecular flexibility index (Phi) is 4.55. The first kappa shape index (κ1) is 13.6. The molecule has 4 heteroatoms. The number of ether oxygens (including phenoxy) is 1. The number of nitrogens with zero attached hydrogens (tertiary/aromatic N) is 1. The smallest absolute Gasteiger partial charge is 0.410 e. The van der Waals surface area contributed by atoms with Crippen LogP contribution in [0.4, 0.5) is 4.79 Å². The van der Waals surface area contributed by atoms with Crippen LogP contribution in [-0.4, -0.2) is 29.4 Å². The van der Waals surface area contributed by atoms with Gasteiger partial charge in [-0.05, 0) is 18.4 Å². The van der Waals surface area contributed by atoms with E-state index in [9.17, 15) is 9.59 Å². The van der Waals surface area contributed by atoms with Gasteiger partial charge in [0, 0.05) is 13.0 Å². The lowest BCUT2D eigenvalue weighted by atomic mass is 9.99. The van der Waals surface area contributed by atoms with Crippen molar-refractivity contribution in [3.8, 4) is 0 Å². The lowest BCUT2D eigenvalue weighted by molar-refractivity contribution is -0.126. The molecule has 1 saturated heterocycles. The summed E-state index contributed by atoms with van der Waals surface area (Å²) in [6.07, 6.45) is 1.57. The van der Waals surface area contributed by atoms with Gasteiger partial charge in [-0.15, -0.1) is 0 Å². The molecule has 4 nitrogen and oxygen atoms in total. The number of carbonyl (C=O) groups excluding carboxylic acids is 2. The van der Waals surface area contributed by atoms with Gasteiger partial charge in [-0.1, -0.05) is 37.3 Å². The molecule has 0 aromatic heterocycles. The number of amides is 1. The minimum absolute atomic E-state index is 0.144. The van der Waals surface area contributed by atoms with E-state index >= 15 is 0 Å². The molecule has 1 aromatic rings. The molecule has 0 aliphatic carbocycles. The molecule has 0 N–H and O–H groups in total. The van der Waals surface area contributed by atoms with Crippen LogP contribution in [0.15, 0.2) is 30.3 Å².